The van der Waals surface area contributed by atoms with Crippen molar-refractivity contribution in [2.45, 2.75) is 19.8 Å². The lowest BCUT2D eigenvalue weighted by atomic mass is 10.1. The molecule has 0 spiro atoms. The molecule has 0 aliphatic rings. The molecule has 0 amide bonds. The molecule has 0 unspecified atom stereocenters. The van der Waals surface area contributed by atoms with Crippen LogP contribution in [0.4, 0.5) is 0 Å². The second kappa shape index (κ2) is 5.85. The maximum absolute atomic E-state index is 8.33. The lowest BCUT2D eigenvalue weighted by molar-refractivity contribution is 0.746. The fourth-order valence-corrected chi connectivity index (χ4v) is 0.588. The highest BCUT2D eigenvalue weighted by molar-refractivity contribution is 4.99. The average Bonchev–Trinajstić information content (AvgIpc) is 1.99. The summed E-state index contributed by atoms with van der Waals surface area (Å²) in [5, 5.41) is 16.7. The fraction of sp³-hybridized carbons (Fsp3) is 0.500. The first-order valence-corrected chi connectivity index (χ1v) is 3.25. The maximum atomic E-state index is 8.33. The Hall–Kier alpha value is -1.28. The summed E-state index contributed by atoms with van der Waals surface area (Å²) in [7, 11) is 0. The lowest BCUT2D eigenvalue weighted by Crippen LogP contribution is -1.90. The molecule has 0 radical (unpaired) electrons. The predicted octanol–water partition coefficient (Wildman–Crippen LogP) is 2.01. The third-order valence-corrected chi connectivity index (χ3v) is 1.17. The summed E-state index contributed by atoms with van der Waals surface area (Å²) in [6.45, 7) is 1.92. The summed E-state index contributed by atoms with van der Waals surface area (Å²) < 4.78 is 0. The van der Waals surface area contributed by atoms with Crippen molar-refractivity contribution in [2.75, 3.05) is 0 Å². The number of nitriles is 2. The molecule has 10 heavy (non-hydrogen) atoms. The Morgan fingerprint density at radius 3 is 2.40 bits per heavy atom. The Morgan fingerprint density at radius 1 is 1.40 bits per heavy atom. The molecular weight excluding hydrogens is 124 g/mol. The molecule has 0 saturated heterocycles. The van der Waals surface area contributed by atoms with Gasteiger partial charge in [-0.25, -0.2) is 0 Å². The van der Waals surface area contributed by atoms with Crippen molar-refractivity contribution in [3.63, 3.8) is 0 Å². The minimum atomic E-state index is -0.434. The fourth-order valence-electron chi connectivity index (χ4n) is 0.588. The van der Waals surface area contributed by atoms with E-state index in [1.165, 1.54) is 0 Å². The Labute approximate surface area is 61.4 Å². The molecule has 0 fully saturated rings. The Balaban J connectivity index is 3.50. The highest BCUT2D eigenvalue weighted by atomic mass is 14.3. The van der Waals surface area contributed by atoms with Crippen LogP contribution in [0.2, 0.25) is 0 Å². The zero-order chi connectivity index (χ0) is 7.82. The third-order valence-electron chi connectivity index (χ3n) is 1.17. The van der Waals surface area contributed by atoms with E-state index in [9.17, 15) is 0 Å². The maximum Gasteiger partial charge on any atom is 0.133 e. The van der Waals surface area contributed by atoms with Gasteiger partial charge in [-0.3, -0.25) is 0 Å². The molecule has 0 atom stereocenters. The molecule has 0 bridgehead atoms. The summed E-state index contributed by atoms with van der Waals surface area (Å²) >= 11 is 0. The highest BCUT2D eigenvalue weighted by Gasteiger charge is 2.01. The Bertz CT molecular complexity index is 166. The monoisotopic (exact) mass is 134 g/mol. The zero-order valence-corrected chi connectivity index (χ0v) is 6.04. The van der Waals surface area contributed by atoms with E-state index in [1.807, 2.05) is 31.2 Å². The first kappa shape index (κ1) is 8.72. The first-order chi connectivity index (χ1) is 4.85. The van der Waals surface area contributed by atoms with Gasteiger partial charge in [-0.2, -0.15) is 10.5 Å². The molecule has 0 aromatic carbocycles. The number of nitrogens with zero attached hydrogens (tertiary/aromatic N) is 2. The van der Waals surface area contributed by atoms with Gasteiger partial charge in [-0.05, 0) is 19.8 Å². The molecule has 0 N–H and O–H groups in total. The van der Waals surface area contributed by atoms with E-state index < -0.39 is 5.92 Å². The Kier molecular flexibility index (Phi) is 5.10. The van der Waals surface area contributed by atoms with Crippen molar-refractivity contribution in [3.05, 3.63) is 12.2 Å². The van der Waals surface area contributed by atoms with Gasteiger partial charge in [0, 0.05) is 0 Å². The van der Waals surface area contributed by atoms with Crippen LogP contribution in [0.5, 0.6) is 0 Å². The predicted molar refractivity (Wildman–Crippen MR) is 38.8 cm³/mol. The smallest absolute Gasteiger partial charge is 0.133 e. The second-order valence-electron chi connectivity index (χ2n) is 1.96. The van der Waals surface area contributed by atoms with Crippen LogP contribution in [-0.2, 0) is 0 Å². The van der Waals surface area contributed by atoms with Gasteiger partial charge < -0.3 is 0 Å². The molecule has 0 aliphatic heterocycles. The number of hydrogen-bond donors (Lipinski definition) is 0. The lowest BCUT2D eigenvalue weighted by Gasteiger charge is -1.92. The van der Waals surface area contributed by atoms with Crippen molar-refractivity contribution in [3.8, 4) is 12.1 Å². The van der Waals surface area contributed by atoms with E-state index in [0.29, 0.717) is 6.42 Å². The molecule has 52 valence electrons. The largest absolute Gasteiger partial charge is 0.197 e. The van der Waals surface area contributed by atoms with Gasteiger partial charge in [0.15, 0.2) is 0 Å². The molecule has 0 heterocycles. The summed E-state index contributed by atoms with van der Waals surface area (Å²) in [5.74, 6) is -0.434. The van der Waals surface area contributed by atoms with Crippen LogP contribution >= 0.6 is 0 Å². The summed E-state index contributed by atoms with van der Waals surface area (Å²) in [5.41, 5.74) is 0. The Morgan fingerprint density at radius 2 is 2.00 bits per heavy atom. The van der Waals surface area contributed by atoms with E-state index in [4.69, 9.17) is 10.5 Å². The minimum Gasteiger partial charge on any atom is -0.197 e. The zero-order valence-electron chi connectivity index (χ0n) is 6.04. The van der Waals surface area contributed by atoms with Gasteiger partial charge in [-0.1, -0.05) is 12.2 Å². The van der Waals surface area contributed by atoms with Crippen molar-refractivity contribution in [2.24, 2.45) is 5.92 Å². The molecule has 0 rings (SSSR count). The summed E-state index contributed by atoms with van der Waals surface area (Å²) in [6.07, 6.45) is 5.35. The van der Waals surface area contributed by atoms with Crippen LogP contribution in [0.15, 0.2) is 12.2 Å². The number of allylic oxidation sites excluding steroid dienone is 2. The van der Waals surface area contributed by atoms with Gasteiger partial charge in [0.05, 0.1) is 12.1 Å². The van der Waals surface area contributed by atoms with Crippen LogP contribution < -0.4 is 0 Å². The summed E-state index contributed by atoms with van der Waals surface area (Å²) in [6, 6.07) is 3.83. The van der Waals surface area contributed by atoms with Gasteiger partial charge in [-0.15, -0.1) is 0 Å². The molecule has 0 aliphatic carbocycles. The second-order valence-corrected chi connectivity index (χ2v) is 1.96. The van der Waals surface area contributed by atoms with E-state index in [-0.39, 0.29) is 0 Å². The van der Waals surface area contributed by atoms with Crippen LogP contribution in [0.25, 0.3) is 0 Å². The van der Waals surface area contributed by atoms with Gasteiger partial charge in [0.1, 0.15) is 5.92 Å². The highest BCUT2D eigenvalue weighted by Crippen LogP contribution is 2.03. The quantitative estimate of drug-likeness (QED) is 0.554. The average molecular weight is 134 g/mol. The van der Waals surface area contributed by atoms with Gasteiger partial charge in [0.2, 0.25) is 0 Å². The van der Waals surface area contributed by atoms with Crippen LogP contribution in [0, 0.1) is 28.6 Å². The van der Waals surface area contributed by atoms with Crippen LogP contribution in [0.1, 0.15) is 19.8 Å². The molecule has 2 nitrogen and oxygen atoms in total. The summed E-state index contributed by atoms with van der Waals surface area (Å²) in [4.78, 5) is 0. The topological polar surface area (TPSA) is 47.6 Å². The van der Waals surface area contributed by atoms with E-state index in [0.717, 1.165) is 6.42 Å². The molecule has 0 aromatic rings. The van der Waals surface area contributed by atoms with Crippen LogP contribution in [-0.4, -0.2) is 0 Å². The molecule has 0 saturated carbocycles. The third kappa shape index (κ3) is 3.69. The SMILES string of the molecule is CC=CCCC(C#N)C#N. The van der Waals surface area contributed by atoms with Crippen molar-refractivity contribution in [1.82, 2.24) is 0 Å². The van der Waals surface area contributed by atoms with Crippen molar-refractivity contribution in [1.29, 1.82) is 10.5 Å². The van der Waals surface area contributed by atoms with Crippen molar-refractivity contribution < 1.29 is 0 Å². The minimum absolute atomic E-state index is 0.434. The van der Waals surface area contributed by atoms with Gasteiger partial charge >= 0.3 is 0 Å². The van der Waals surface area contributed by atoms with Crippen LogP contribution in [0.3, 0.4) is 0 Å². The normalized spacial score (nSPS) is 9.60. The molecular formula is C8H10N2. The van der Waals surface area contributed by atoms with E-state index >= 15 is 0 Å². The van der Waals surface area contributed by atoms with Crippen molar-refractivity contribution >= 4 is 0 Å². The van der Waals surface area contributed by atoms with E-state index in [2.05, 4.69) is 0 Å². The van der Waals surface area contributed by atoms with E-state index in [1.54, 1.807) is 0 Å². The number of rotatable bonds is 3. The number of hydrogen-bond acceptors (Lipinski definition) is 2. The standard InChI is InChI=1S/C8H10N2/c1-2-3-4-5-8(6-9)7-10/h2-3,8H,4-5H2,1H3. The molecule has 0 aromatic heterocycles. The molecule has 2 heteroatoms. The van der Waals surface area contributed by atoms with Gasteiger partial charge in [0.25, 0.3) is 0 Å². The first-order valence-electron chi connectivity index (χ1n) is 3.25.